The van der Waals surface area contributed by atoms with E-state index in [4.69, 9.17) is 0 Å². The fourth-order valence-electron chi connectivity index (χ4n) is 2.06. The van der Waals surface area contributed by atoms with Crippen LogP contribution in [0.15, 0.2) is 41.1 Å². The lowest BCUT2D eigenvalue weighted by molar-refractivity contribution is 0.943. The zero-order valence-electron chi connectivity index (χ0n) is 9.68. The molecule has 3 nitrogen and oxygen atoms in total. The van der Waals surface area contributed by atoms with E-state index in [0.29, 0.717) is 0 Å². The Hall–Kier alpha value is -1.55. The molecule has 2 aromatic heterocycles. The molecule has 0 atom stereocenters. The monoisotopic (exact) mass is 289 g/mol. The zero-order valence-corrected chi connectivity index (χ0v) is 11.3. The standard InChI is InChI=1S/C13H12BrN3/c1-9-7-17-8-12(16(2)13(17)15-9)10-3-5-11(14)6-4-10/h3-8H,1-2H3. The Morgan fingerprint density at radius 3 is 2.47 bits per heavy atom. The van der Waals surface area contributed by atoms with Crippen LogP contribution in [-0.4, -0.2) is 14.0 Å². The molecule has 1 aromatic carbocycles. The average Bonchev–Trinajstić information content (AvgIpc) is 2.79. The van der Waals surface area contributed by atoms with Gasteiger partial charge in [0.1, 0.15) is 0 Å². The number of benzene rings is 1. The topological polar surface area (TPSA) is 22.2 Å². The smallest absolute Gasteiger partial charge is 0.214 e. The largest absolute Gasteiger partial charge is 0.313 e. The number of halogens is 1. The molecule has 3 rings (SSSR count). The lowest BCUT2D eigenvalue weighted by Crippen LogP contribution is -1.92. The van der Waals surface area contributed by atoms with Crippen molar-refractivity contribution in [1.29, 1.82) is 0 Å². The summed E-state index contributed by atoms with van der Waals surface area (Å²) in [6.45, 7) is 2.01. The van der Waals surface area contributed by atoms with Gasteiger partial charge in [-0.2, -0.15) is 0 Å². The van der Waals surface area contributed by atoms with Gasteiger partial charge in [-0.3, -0.25) is 4.40 Å². The van der Waals surface area contributed by atoms with Crippen LogP contribution in [-0.2, 0) is 7.05 Å². The third-order valence-electron chi connectivity index (χ3n) is 2.90. The summed E-state index contributed by atoms with van der Waals surface area (Å²) < 4.78 is 5.26. The molecule has 3 aromatic rings. The van der Waals surface area contributed by atoms with Gasteiger partial charge in [0.25, 0.3) is 0 Å². The van der Waals surface area contributed by atoms with Gasteiger partial charge in [0.15, 0.2) is 0 Å². The Balaban J connectivity index is 2.20. The maximum atomic E-state index is 4.49. The van der Waals surface area contributed by atoms with E-state index in [1.807, 2.05) is 20.2 Å². The van der Waals surface area contributed by atoms with Gasteiger partial charge in [0, 0.05) is 23.9 Å². The van der Waals surface area contributed by atoms with E-state index in [1.165, 1.54) is 11.3 Å². The van der Waals surface area contributed by atoms with E-state index in [9.17, 15) is 0 Å². The average molecular weight is 290 g/mol. The van der Waals surface area contributed by atoms with Gasteiger partial charge in [-0.1, -0.05) is 28.1 Å². The molecule has 0 saturated carbocycles. The van der Waals surface area contributed by atoms with E-state index >= 15 is 0 Å². The van der Waals surface area contributed by atoms with Crippen molar-refractivity contribution < 1.29 is 0 Å². The second-order valence-electron chi connectivity index (χ2n) is 4.17. The molecular weight excluding hydrogens is 278 g/mol. The molecule has 0 aliphatic rings. The lowest BCUT2D eigenvalue weighted by atomic mass is 10.2. The van der Waals surface area contributed by atoms with Gasteiger partial charge in [0.2, 0.25) is 5.78 Å². The minimum atomic E-state index is 0.973. The van der Waals surface area contributed by atoms with E-state index in [1.54, 1.807) is 0 Å². The van der Waals surface area contributed by atoms with Crippen LogP contribution in [0.4, 0.5) is 0 Å². The van der Waals surface area contributed by atoms with Gasteiger partial charge in [0.05, 0.1) is 11.4 Å². The molecular formula is C13H12BrN3. The Kier molecular flexibility index (Phi) is 2.33. The number of aryl methyl sites for hydroxylation is 2. The number of imidazole rings is 2. The molecule has 2 heterocycles. The van der Waals surface area contributed by atoms with Crippen LogP contribution in [0.1, 0.15) is 5.69 Å². The van der Waals surface area contributed by atoms with E-state index in [0.717, 1.165) is 15.9 Å². The summed E-state index contributed by atoms with van der Waals surface area (Å²) in [5.74, 6) is 0.973. The summed E-state index contributed by atoms with van der Waals surface area (Å²) in [5, 5.41) is 0. The molecule has 0 radical (unpaired) electrons. The molecule has 0 saturated heterocycles. The van der Waals surface area contributed by atoms with Crippen molar-refractivity contribution in [3.8, 4) is 11.3 Å². The highest BCUT2D eigenvalue weighted by Crippen LogP contribution is 2.23. The Bertz CT molecular complexity index is 677. The molecule has 86 valence electrons. The molecule has 0 bridgehead atoms. The summed E-state index contributed by atoms with van der Waals surface area (Å²) in [7, 11) is 2.04. The van der Waals surface area contributed by atoms with Gasteiger partial charge in [-0.25, -0.2) is 4.98 Å². The zero-order chi connectivity index (χ0) is 12.0. The van der Waals surface area contributed by atoms with Crippen molar-refractivity contribution in [1.82, 2.24) is 14.0 Å². The van der Waals surface area contributed by atoms with E-state index < -0.39 is 0 Å². The number of hydrogen-bond acceptors (Lipinski definition) is 1. The molecule has 0 unspecified atom stereocenters. The third-order valence-corrected chi connectivity index (χ3v) is 3.42. The first-order valence-electron chi connectivity index (χ1n) is 5.42. The molecule has 17 heavy (non-hydrogen) atoms. The quantitative estimate of drug-likeness (QED) is 0.673. The Morgan fingerprint density at radius 2 is 1.82 bits per heavy atom. The number of nitrogens with zero attached hydrogens (tertiary/aromatic N) is 3. The summed E-state index contributed by atoms with van der Waals surface area (Å²) in [6.07, 6.45) is 4.15. The Labute approximate surface area is 108 Å². The first-order chi connectivity index (χ1) is 8.15. The highest BCUT2D eigenvalue weighted by molar-refractivity contribution is 9.10. The van der Waals surface area contributed by atoms with Crippen molar-refractivity contribution in [2.45, 2.75) is 6.92 Å². The van der Waals surface area contributed by atoms with Gasteiger partial charge < -0.3 is 4.57 Å². The van der Waals surface area contributed by atoms with E-state index in [-0.39, 0.29) is 0 Å². The highest BCUT2D eigenvalue weighted by Gasteiger charge is 2.09. The maximum absolute atomic E-state index is 4.49. The van der Waals surface area contributed by atoms with Crippen molar-refractivity contribution in [2.24, 2.45) is 7.05 Å². The first kappa shape index (κ1) is 10.6. The molecule has 0 spiro atoms. The fraction of sp³-hybridized carbons (Fsp3) is 0.154. The Morgan fingerprint density at radius 1 is 1.12 bits per heavy atom. The molecule has 0 aliphatic carbocycles. The van der Waals surface area contributed by atoms with Crippen LogP contribution < -0.4 is 0 Å². The first-order valence-corrected chi connectivity index (χ1v) is 6.21. The molecule has 0 aliphatic heterocycles. The summed E-state index contributed by atoms with van der Waals surface area (Å²) in [6, 6.07) is 8.31. The predicted octanol–water partition coefficient (Wildman–Crippen LogP) is 3.41. The van der Waals surface area contributed by atoms with Gasteiger partial charge in [-0.05, 0) is 24.6 Å². The van der Waals surface area contributed by atoms with Crippen molar-refractivity contribution >= 4 is 21.7 Å². The second-order valence-corrected chi connectivity index (χ2v) is 5.09. The molecule has 0 amide bonds. The van der Waals surface area contributed by atoms with Gasteiger partial charge in [-0.15, -0.1) is 0 Å². The highest BCUT2D eigenvalue weighted by atomic mass is 79.9. The van der Waals surface area contributed by atoms with Crippen LogP contribution in [0.5, 0.6) is 0 Å². The number of fused-ring (bicyclic) bond motifs is 1. The number of rotatable bonds is 1. The van der Waals surface area contributed by atoms with Crippen LogP contribution in [0.3, 0.4) is 0 Å². The van der Waals surface area contributed by atoms with Crippen molar-refractivity contribution in [2.75, 3.05) is 0 Å². The van der Waals surface area contributed by atoms with Crippen molar-refractivity contribution in [3.05, 3.63) is 46.8 Å². The van der Waals surface area contributed by atoms with E-state index in [2.05, 4.69) is 60.3 Å². The summed E-state index contributed by atoms with van der Waals surface area (Å²) in [4.78, 5) is 4.49. The predicted molar refractivity (Wildman–Crippen MR) is 72.0 cm³/mol. The van der Waals surface area contributed by atoms with Crippen LogP contribution in [0, 0.1) is 6.92 Å². The summed E-state index contributed by atoms with van der Waals surface area (Å²) in [5.41, 5.74) is 3.40. The third kappa shape index (κ3) is 1.69. The molecule has 0 N–H and O–H groups in total. The lowest BCUT2D eigenvalue weighted by Gasteiger charge is -2.02. The number of aromatic nitrogens is 3. The maximum Gasteiger partial charge on any atom is 0.214 e. The van der Waals surface area contributed by atoms with Gasteiger partial charge >= 0.3 is 0 Å². The SMILES string of the molecule is Cc1cn2cc(-c3ccc(Br)cc3)n(C)c2n1. The van der Waals surface area contributed by atoms with Crippen LogP contribution in [0.25, 0.3) is 17.0 Å². The van der Waals surface area contributed by atoms with Crippen LogP contribution in [0.2, 0.25) is 0 Å². The molecule has 4 heteroatoms. The minimum Gasteiger partial charge on any atom is -0.313 e. The molecule has 0 fully saturated rings. The fourth-order valence-corrected chi connectivity index (χ4v) is 2.33. The van der Waals surface area contributed by atoms with Crippen LogP contribution >= 0.6 is 15.9 Å². The normalized spacial score (nSPS) is 11.2. The summed E-state index contributed by atoms with van der Waals surface area (Å²) >= 11 is 3.45. The minimum absolute atomic E-state index is 0.973. The number of hydrogen-bond donors (Lipinski definition) is 0. The second kappa shape index (κ2) is 3.74. The van der Waals surface area contributed by atoms with Crippen molar-refractivity contribution in [3.63, 3.8) is 0 Å².